The molecule has 6 nitrogen and oxygen atoms in total. The van der Waals surface area contributed by atoms with Gasteiger partial charge in [0.1, 0.15) is 12.4 Å². The molecule has 0 saturated carbocycles. The lowest BCUT2D eigenvalue weighted by Gasteiger charge is -2.07. The van der Waals surface area contributed by atoms with Crippen LogP contribution in [0.4, 0.5) is 15.8 Å². The van der Waals surface area contributed by atoms with E-state index >= 15 is 0 Å². The van der Waals surface area contributed by atoms with Crippen LogP contribution in [0.5, 0.6) is 0 Å². The zero-order valence-electron chi connectivity index (χ0n) is 9.84. The second kappa shape index (κ2) is 5.30. The highest BCUT2D eigenvalue weighted by atomic mass is 19.1. The number of para-hydroxylation sites is 1. The summed E-state index contributed by atoms with van der Waals surface area (Å²) in [7, 11) is 0. The van der Waals surface area contributed by atoms with Gasteiger partial charge in [-0.25, -0.2) is 9.07 Å². The average molecular weight is 262 g/mol. The van der Waals surface area contributed by atoms with Crippen molar-refractivity contribution in [1.82, 2.24) is 9.78 Å². The van der Waals surface area contributed by atoms with Crippen molar-refractivity contribution in [2.24, 2.45) is 0 Å². The number of halogens is 1. The molecule has 0 spiro atoms. The van der Waals surface area contributed by atoms with Crippen LogP contribution in [-0.4, -0.2) is 15.7 Å². The van der Waals surface area contributed by atoms with Crippen LogP contribution in [-0.2, 0) is 11.3 Å². The molecule has 0 atom stereocenters. The minimum atomic E-state index is -0.551. The smallest absolute Gasteiger partial charge is 0.269 e. The van der Waals surface area contributed by atoms with Crippen LogP contribution in [0.15, 0.2) is 41.3 Å². The summed E-state index contributed by atoms with van der Waals surface area (Å²) in [5.41, 5.74) is 5.15. The third-order valence-electron chi connectivity index (χ3n) is 2.33. The van der Waals surface area contributed by atoms with Crippen LogP contribution < -0.4 is 16.6 Å². The lowest BCUT2D eigenvalue weighted by atomic mass is 10.3. The quantitative estimate of drug-likeness (QED) is 0.847. The standard InChI is InChI=1S/C12H11FN4O2/c13-9-3-1-2-4-10(9)16-11(18)7-17-12(19)5-8(14)6-15-17/h1-6H,7,14H2,(H,16,18). The Bertz CT molecular complexity index is 669. The SMILES string of the molecule is Nc1cnn(CC(=O)Nc2ccccc2F)c(=O)c1. The van der Waals surface area contributed by atoms with Crippen LogP contribution >= 0.6 is 0 Å². The number of rotatable bonds is 3. The molecule has 1 aromatic heterocycles. The van der Waals surface area contributed by atoms with Crippen molar-refractivity contribution in [2.45, 2.75) is 6.54 Å². The molecular formula is C12H11FN4O2. The van der Waals surface area contributed by atoms with Gasteiger partial charge in [-0.3, -0.25) is 9.59 Å². The summed E-state index contributed by atoms with van der Waals surface area (Å²) in [5.74, 6) is -1.10. The van der Waals surface area contributed by atoms with Gasteiger partial charge in [-0.1, -0.05) is 12.1 Å². The summed E-state index contributed by atoms with van der Waals surface area (Å²) in [5, 5.41) is 6.06. The number of carbonyl (C=O) groups is 1. The Labute approximate surface area is 107 Å². The highest BCUT2D eigenvalue weighted by Gasteiger charge is 2.08. The van der Waals surface area contributed by atoms with Crippen molar-refractivity contribution in [3.63, 3.8) is 0 Å². The number of nitrogens with two attached hydrogens (primary N) is 1. The molecule has 0 unspecified atom stereocenters. The second-order valence-electron chi connectivity index (χ2n) is 3.81. The summed E-state index contributed by atoms with van der Waals surface area (Å²) in [4.78, 5) is 23.1. The number of hydrogen-bond donors (Lipinski definition) is 2. The van der Waals surface area contributed by atoms with Crippen LogP contribution in [0, 0.1) is 5.82 Å². The molecule has 0 saturated heterocycles. The van der Waals surface area contributed by atoms with E-state index in [1.165, 1.54) is 24.4 Å². The van der Waals surface area contributed by atoms with E-state index in [4.69, 9.17) is 5.73 Å². The number of aromatic nitrogens is 2. The summed E-state index contributed by atoms with van der Waals surface area (Å²) in [6.45, 7) is -0.312. The molecule has 0 radical (unpaired) electrons. The Hall–Kier alpha value is -2.70. The molecule has 2 rings (SSSR count). The number of hydrogen-bond acceptors (Lipinski definition) is 4. The predicted octanol–water partition coefficient (Wildman–Crippen LogP) is 0.603. The van der Waals surface area contributed by atoms with E-state index < -0.39 is 17.3 Å². The normalized spacial score (nSPS) is 10.2. The highest BCUT2D eigenvalue weighted by Crippen LogP contribution is 2.11. The van der Waals surface area contributed by atoms with E-state index in [-0.39, 0.29) is 17.9 Å². The molecule has 0 aliphatic rings. The van der Waals surface area contributed by atoms with Crippen LogP contribution in [0.3, 0.4) is 0 Å². The minimum Gasteiger partial charge on any atom is -0.397 e. The molecule has 98 valence electrons. The molecular weight excluding hydrogens is 251 g/mol. The maximum Gasteiger partial charge on any atom is 0.269 e. The number of amides is 1. The Morgan fingerprint density at radius 2 is 2.16 bits per heavy atom. The Morgan fingerprint density at radius 3 is 2.84 bits per heavy atom. The second-order valence-corrected chi connectivity index (χ2v) is 3.81. The third kappa shape index (κ3) is 3.15. The van der Waals surface area contributed by atoms with Gasteiger partial charge in [-0.2, -0.15) is 5.10 Å². The topological polar surface area (TPSA) is 90.0 Å². The number of nitrogen functional groups attached to an aromatic ring is 1. The van der Waals surface area contributed by atoms with Crippen LogP contribution in [0.1, 0.15) is 0 Å². The first-order chi connectivity index (χ1) is 9.06. The molecule has 1 heterocycles. The number of nitrogens with one attached hydrogen (secondary N) is 1. The van der Waals surface area contributed by atoms with Crippen molar-refractivity contribution < 1.29 is 9.18 Å². The van der Waals surface area contributed by atoms with Gasteiger partial charge in [-0.05, 0) is 12.1 Å². The van der Waals surface area contributed by atoms with Gasteiger partial charge in [0.15, 0.2) is 0 Å². The van der Waals surface area contributed by atoms with Gasteiger partial charge in [0, 0.05) is 6.07 Å². The Morgan fingerprint density at radius 1 is 1.42 bits per heavy atom. The Kier molecular flexibility index (Phi) is 3.56. The summed E-state index contributed by atoms with van der Waals surface area (Å²) in [6.07, 6.45) is 1.26. The van der Waals surface area contributed by atoms with E-state index in [1.54, 1.807) is 6.07 Å². The molecule has 1 aromatic carbocycles. The van der Waals surface area contributed by atoms with Gasteiger partial charge < -0.3 is 11.1 Å². The van der Waals surface area contributed by atoms with Crippen molar-refractivity contribution in [3.05, 3.63) is 52.7 Å². The lowest BCUT2D eigenvalue weighted by molar-refractivity contribution is -0.117. The molecule has 2 aromatic rings. The van der Waals surface area contributed by atoms with E-state index in [0.29, 0.717) is 0 Å². The third-order valence-corrected chi connectivity index (χ3v) is 2.33. The number of benzene rings is 1. The van der Waals surface area contributed by atoms with Gasteiger partial charge >= 0.3 is 0 Å². The molecule has 1 amide bonds. The summed E-state index contributed by atoms with van der Waals surface area (Å²) >= 11 is 0. The molecule has 19 heavy (non-hydrogen) atoms. The van der Waals surface area contributed by atoms with E-state index in [0.717, 1.165) is 10.7 Å². The van der Waals surface area contributed by atoms with E-state index in [1.807, 2.05) is 0 Å². The first-order valence-corrected chi connectivity index (χ1v) is 5.43. The maximum atomic E-state index is 13.3. The average Bonchev–Trinajstić information content (AvgIpc) is 2.36. The molecule has 0 aliphatic carbocycles. The molecule has 0 fully saturated rings. The number of anilines is 2. The Balaban J connectivity index is 2.10. The number of nitrogens with zero attached hydrogens (tertiary/aromatic N) is 2. The first-order valence-electron chi connectivity index (χ1n) is 5.43. The fourth-order valence-corrected chi connectivity index (χ4v) is 1.45. The van der Waals surface area contributed by atoms with Crippen LogP contribution in [0.2, 0.25) is 0 Å². The van der Waals surface area contributed by atoms with Gasteiger partial charge in [0.25, 0.3) is 5.56 Å². The van der Waals surface area contributed by atoms with Crippen molar-refractivity contribution in [2.75, 3.05) is 11.1 Å². The lowest BCUT2D eigenvalue weighted by Crippen LogP contribution is -2.29. The van der Waals surface area contributed by atoms with Crippen molar-refractivity contribution in [1.29, 1.82) is 0 Å². The maximum absolute atomic E-state index is 13.3. The largest absolute Gasteiger partial charge is 0.397 e. The van der Waals surface area contributed by atoms with Gasteiger partial charge in [0.2, 0.25) is 5.91 Å². The number of carbonyl (C=O) groups excluding carboxylic acids is 1. The van der Waals surface area contributed by atoms with Crippen molar-refractivity contribution in [3.8, 4) is 0 Å². The van der Waals surface area contributed by atoms with Gasteiger partial charge in [-0.15, -0.1) is 0 Å². The van der Waals surface area contributed by atoms with Crippen LogP contribution in [0.25, 0.3) is 0 Å². The molecule has 0 bridgehead atoms. The first kappa shape index (κ1) is 12.7. The highest BCUT2D eigenvalue weighted by molar-refractivity contribution is 5.90. The molecule has 3 N–H and O–H groups in total. The molecule has 7 heteroatoms. The molecule has 0 aliphatic heterocycles. The van der Waals surface area contributed by atoms with Gasteiger partial charge in [0.05, 0.1) is 17.6 Å². The zero-order chi connectivity index (χ0) is 13.8. The minimum absolute atomic E-state index is 0.0518. The predicted molar refractivity (Wildman–Crippen MR) is 67.9 cm³/mol. The summed E-state index contributed by atoms with van der Waals surface area (Å²) in [6, 6.07) is 6.91. The zero-order valence-corrected chi connectivity index (χ0v) is 9.84. The monoisotopic (exact) mass is 262 g/mol. The summed E-state index contributed by atoms with van der Waals surface area (Å²) < 4.78 is 14.2. The fourth-order valence-electron chi connectivity index (χ4n) is 1.45. The fraction of sp³-hybridized carbons (Fsp3) is 0.0833. The van der Waals surface area contributed by atoms with E-state index in [2.05, 4.69) is 10.4 Å². The van der Waals surface area contributed by atoms with E-state index in [9.17, 15) is 14.0 Å². The van der Waals surface area contributed by atoms with Crippen molar-refractivity contribution >= 4 is 17.3 Å².